The van der Waals surface area contributed by atoms with Crippen LogP contribution in [0.25, 0.3) is 0 Å². The third-order valence-corrected chi connectivity index (χ3v) is 4.26. The quantitative estimate of drug-likeness (QED) is 0.917. The van der Waals surface area contributed by atoms with Crippen LogP contribution in [0.15, 0.2) is 36.4 Å². The van der Waals surface area contributed by atoms with Gasteiger partial charge < -0.3 is 19.7 Å². The number of aryl methyl sites for hydroxylation is 1. The molecule has 0 radical (unpaired) electrons. The number of rotatable bonds is 4. The highest BCUT2D eigenvalue weighted by molar-refractivity contribution is 6.05. The largest absolute Gasteiger partial charge is 0.496 e. The Hall–Kier alpha value is -3.02. The fourth-order valence-corrected chi connectivity index (χ4v) is 2.90. The number of anilines is 1. The summed E-state index contributed by atoms with van der Waals surface area (Å²) in [6, 6.07) is 10.4. The predicted molar refractivity (Wildman–Crippen MR) is 99.2 cm³/mol. The van der Waals surface area contributed by atoms with Gasteiger partial charge in [0.2, 0.25) is 0 Å². The number of hydrogen-bond acceptors (Lipinski definition) is 4. The molecule has 6 heteroatoms. The molecular weight excluding hydrogens is 332 g/mol. The number of nitrogens with one attached hydrogen (secondary N) is 1. The highest BCUT2D eigenvalue weighted by atomic mass is 16.5. The molecule has 0 saturated carbocycles. The molecule has 0 spiro atoms. The van der Waals surface area contributed by atoms with Gasteiger partial charge in [-0.15, -0.1) is 0 Å². The fourth-order valence-electron chi connectivity index (χ4n) is 2.90. The van der Waals surface area contributed by atoms with Gasteiger partial charge in [-0.25, -0.2) is 0 Å². The molecule has 1 aliphatic rings. The fraction of sp³-hybridized carbons (Fsp3) is 0.300. The summed E-state index contributed by atoms with van der Waals surface area (Å²) in [5, 5.41) is 2.84. The van der Waals surface area contributed by atoms with Crippen LogP contribution >= 0.6 is 0 Å². The average molecular weight is 354 g/mol. The van der Waals surface area contributed by atoms with Crippen LogP contribution in [0.1, 0.15) is 32.7 Å². The Morgan fingerprint density at radius 3 is 2.69 bits per heavy atom. The number of amides is 2. The van der Waals surface area contributed by atoms with Crippen molar-refractivity contribution >= 4 is 17.5 Å². The molecule has 6 nitrogen and oxygen atoms in total. The van der Waals surface area contributed by atoms with E-state index in [1.165, 1.54) is 12.0 Å². The van der Waals surface area contributed by atoms with E-state index in [4.69, 9.17) is 9.47 Å². The van der Waals surface area contributed by atoms with Crippen LogP contribution in [0.3, 0.4) is 0 Å². The lowest BCUT2D eigenvalue weighted by molar-refractivity contribution is 0.0824. The summed E-state index contributed by atoms with van der Waals surface area (Å²) < 4.78 is 10.8. The Bertz CT molecular complexity index is 846. The summed E-state index contributed by atoms with van der Waals surface area (Å²) in [6.45, 7) is 0.715. The van der Waals surface area contributed by atoms with Crippen molar-refractivity contribution in [1.82, 2.24) is 4.90 Å². The van der Waals surface area contributed by atoms with Crippen molar-refractivity contribution in [3.8, 4) is 11.5 Å². The summed E-state index contributed by atoms with van der Waals surface area (Å²) in [5.41, 5.74) is 2.54. The van der Waals surface area contributed by atoms with Gasteiger partial charge in [0, 0.05) is 25.3 Å². The Balaban J connectivity index is 1.83. The normalized spacial score (nSPS) is 12.6. The first kappa shape index (κ1) is 17.8. The summed E-state index contributed by atoms with van der Waals surface area (Å²) in [7, 11) is 4.85. The predicted octanol–water partition coefficient (Wildman–Crippen LogP) is 2.97. The molecule has 2 amide bonds. The molecule has 0 saturated heterocycles. The van der Waals surface area contributed by atoms with Gasteiger partial charge in [0.25, 0.3) is 11.8 Å². The first-order valence-electron chi connectivity index (χ1n) is 8.46. The van der Waals surface area contributed by atoms with Gasteiger partial charge in [0.05, 0.1) is 19.3 Å². The molecule has 0 atom stereocenters. The first-order valence-corrected chi connectivity index (χ1v) is 8.46. The van der Waals surface area contributed by atoms with E-state index >= 15 is 0 Å². The molecule has 0 aliphatic carbocycles. The Kier molecular flexibility index (Phi) is 5.11. The summed E-state index contributed by atoms with van der Waals surface area (Å²) >= 11 is 0. The van der Waals surface area contributed by atoms with Gasteiger partial charge in [-0.05, 0) is 54.8 Å². The molecule has 0 unspecified atom stereocenters. The maximum absolute atomic E-state index is 12.6. The Labute approximate surface area is 152 Å². The highest BCUT2D eigenvalue weighted by Gasteiger charge is 2.17. The second-order valence-electron chi connectivity index (χ2n) is 6.34. The van der Waals surface area contributed by atoms with E-state index < -0.39 is 0 Å². The lowest BCUT2D eigenvalue weighted by atomic mass is 10.0. The third-order valence-electron chi connectivity index (χ3n) is 4.26. The molecule has 0 fully saturated rings. The number of nitrogens with zero attached hydrogens (tertiary/aromatic N) is 1. The minimum atomic E-state index is -0.230. The zero-order valence-corrected chi connectivity index (χ0v) is 15.2. The van der Waals surface area contributed by atoms with Gasteiger partial charge in [0.1, 0.15) is 11.5 Å². The van der Waals surface area contributed by atoms with Crippen LogP contribution in [0.2, 0.25) is 0 Å². The van der Waals surface area contributed by atoms with Crippen LogP contribution in [-0.4, -0.2) is 44.5 Å². The van der Waals surface area contributed by atoms with Gasteiger partial charge in [0.15, 0.2) is 0 Å². The van der Waals surface area contributed by atoms with Crippen LogP contribution in [0, 0.1) is 0 Å². The van der Waals surface area contributed by atoms with Crippen LogP contribution in [0.4, 0.5) is 5.69 Å². The van der Waals surface area contributed by atoms with E-state index in [1.54, 1.807) is 38.4 Å². The second-order valence-corrected chi connectivity index (χ2v) is 6.34. The lowest BCUT2D eigenvalue weighted by Gasteiger charge is -2.18. The minimum Gasteiger partial charge on any atom is -0.496 e. The van der Waals surface area contributed by atoms with Crippen molar-refractivity contribution in [3.05, 3.63) is 53.1 Å². The smallest absolute Gasteiger partial charge is 0.257 e. The monoisotopic (exact) mass is 354 g/mol. The molecular formula is C20H22N2O4. The lowest BCUT2D eigenvalue weighted by Crippen LogP contribution is -2.22. The number of carbonyl (C=O) groups excluding carboxylic acids is 2. The third kappa shape index (κ3) is 3.64. The molecule has 1 aliphatic heterocycles. The Morgan fingerprint density at radius 1 is 1.15 bits per heavy atom. The molecule has 2 aromatic rings. The number of methoxy groups -OCH3 is 1. The standard InChI is InChI=1S/C20H22N2O4/c1-22(2)20(24)16-12-15(7-9-18(16)25-3)21-19(23)14-6-8-17-13(11-14)5-4-10-26-17/h6-9,11-12H,4-5,10H2,1-3H3,(H,21,23). The molecule has 0 aromatic heterocycles. The Morgan fingerprint density at radius 2 is 1.96 bits per heavy atom. The van der Waals surface area contributed by atoms with Crippen molar-refractivity contribution in [2.45, 2.75) is 12.8 Å². The molecule has 1 N–H and O–H groups in total. The number of fused-ring (bicyclic) bond motifs is 1. The molecule has 136 valence electrons. The van der Waals surface area contributed by atoms with Crippen molar-refractivity contribution in [2.75, 3.05) is 33.1 Å². The van der Waals surface area contributed by atoms with Gasteiger partial charge in [-0.3, -0.25) is 9.59 Å². The SMILES string of the molecule is COc1ccc(NC(=O)c2ccc3c(c2)CCCO3)cc1C(=O)N(C)C. The van der Waals surface area contributed by atoms with E-state index in [2.05, 4.69) is 5.32 Å². The highest BCUT2D eigenvalue weighted by Crippen LogP contribution is 2.27. The van der Waals surface area contributed by atoms with Gasteiger partial charge in [-0.1, -0.05) is 0 Å². The molecule has 0 bridgehead atoms. The van der Waals surface area contributed by atoms with Crippen LogP contribution in [0.5, 0.6) is 11.5 Å². The second kappa shape index (κ2) is 7.47. The van der Waals surface area contributed by atoms with Crippen molar-refractivity contribution in [1.29, 1.82) is 0 Å². The van der Waals surface area contributed by atoms with E-state index in [1.807, 2.05) is 12.1 Å². The number of benzene rings is 2. The number of hydrogen-bond donors (Lipinski definition) is 1. The zero-order chi connectivity index (χ0) is 18.7. The van der Waals surface area contributed by atoms with Crippen molar-refractivity contribution < 1.29 is 19.1 Å². The first-order chi connectivity index (χ1) is 12.5. The number of ether oxygens (including phenoxy) is 2. The van der Waals surface area contributed by atoms with E-state index in [0.29, 0.717) is 29.2 Å². The number of carbonyl (C=O) groups is 2. The van der Waals surface area contributed by atoms with Crippen LogP contribution < -0.4 is 14.8 Å². The average Bonchev–Trinajstić information content (AvgIpc) is 2.66. The minimum absolute atomic E-state index is 0.191. The molecule has 1 heterocycles. The molecule has 3 rings (SSSR count). The van der Waals surface area contributed by atoms with Crippen LogP contribution in [-0.2, 0) is 6.42 Å². The molecule has 26 heavy (non-hydrogen) atoms. The topological polar surface area (TPSA) is 67.9 Å². The maximum Gasteiger partial charge on any atom is 0.257 e. The van der Waals surface area contributed by atoms with E-state index in [0.717, 1.165) is 24.2 Å². The van der Waals surface area contributed by atoms with Gasteiger partial charge in [-0.2, -0.15) is 0 Å². The van der Waals surface area contributed by atoms with Gasteiger partial charge >= 0.3 is 0 Å². The summed E-state index contributed by atoms with van der Waals surface area (Å²) in [5.74, 6) is 0.888. The zero-order valence-electron chi connectivity index (χ0n) is 15.2. The summed E-state index contributed by atoms with van der Waals surface area (Å²) in [6.07, 6.45) is 1.85. The molecule has 2 aromatic carbocycles. The van der Waals surface area contributed by atoms with E-state index in [9.17, 15) is 9.59 Å². The van der Waals surface area contributed by atoms with E-state index in [-0.39, 0.29) is 11.8 Å². The maximum atomic E-state index is 12.6. The summed E-state index contributed by atoms with van der Waals surface area (Å²) in [4.78, 5) is 26.4. The van der Waals surface area contributed by atoms with Crippen molar-refractivity contribution in [2.24, 2.45) is 0 Å². The van der Waals surface area contributed by atoms with Crippen molar-refractivity contribution in [3.63, 3.8) is 0 Å².